The summed E-state index contributed by atoms with van der Waals surface area (Å²) in [6.45, 7) is 3.87. The van der Waals surface area contributed by atoms with Crippen LogP contribution < -0.4 is 10.7 Å². The van der Waals surface area contributed by atoms with Crippen molar-refractivity contribution >= 4 is 5.96 Å². The van der Waals surface area contributed by atoms with Crippen LogP contribution in [0.5, 0.6) is 0 Å². The van der Waals surface area contributed by atoms with E-state index < -0.39 is 0 Å². The lowest BCUT2D eigenvalue weighted by Gasteiger charge is -2.14. The van der Waals surface area contributed by atoms with Gasteiger partial charge in [-0.3, -0.25) is 10.0 Å². The quantitative estimate of drug-likeness (QED) is 0.476. The van der Waals surface area contributed by atoms with E-state index >= 15 is 0 Å². The summed E-state index contributed by atoms with van der Waals surface area (Å²) in [7, 11) is 0. The number of nitrogens with one attached hydrogen (secondary N) is 1. The molecule has 10 heavy (non-hydrogen) atoms. The Labute approximate surface area is 60.3 Å². The topological polar surface area (TPSA) is 41.7 Å². The van der Waals surface area contributed by atoms with Crippen molar-refractivity contribution in [1.29, 1.82) is 0 Å². The number of guanidine groups is 1. The predicted octanol–water partition coefficient (Wildman–Crippen LogP) is -0.829. The maximum Gasteiger partial charge on any atom is 0.210 e. The third kappa shape index (κ3) is 0.945. The van der Waals surface area contributed by atoms with Gasteiger partial charge in [-0.25, -0.2) is 0 Å². The fourth-order valence-corrected chi connectivity index (χ4v) is 1.21. The molecular formula is C6H11N4. The average Bonchev–Trinajstić information content (AvgIpc) is 2.59. The molecule has 1 saturated heterocycles. The second-order valence-corrected chi connectivity index (χ2v) is 2.47. The van der Waals surface area contributed by atoms with Crippen molar-refractivity contribution in [2.24, 2.45) is 4.99 Å². The smallest absolute Gasteiger partial charge is 0.210 e. The summed E-state index contributed by atoms with van der Waals surface area (Å²) >= 11 is 0. The fraction of sp³-hybridized carbons (Fsp3) is 0.833. The first-order valence-electron chi connectivity index (χ1n) is 3.70. The second-order valence-electron chi connectivity index (χ2n) is 2.47. The molecule has 0 aromatic heterocycles. The molecule has 0 unspecified atom stereocenters. The molecule has 2 aliphatic heterocycles. The Kier molecular flexibility index (Phi) is 1.47. The summed E-state index contributed by atoms with van der Waals surface area (Å²) < 4.78 is 0. The first kappa shape index (κ1) is 5.97. The van der Waals surface area contributed by atoms with Gasteiger partial charge in [0.15, 0.2) is 0 Å². The Morgan fingerprint density at radius 1 is 1.40 bits per heavy atom. The molecular weight excluding hydrogens is 128 g/mol. The number of aliphatic imine (C=N–C) groups is 1. The lowest BCUT2D eigenvalue weighted by molar-refractivity contribution is 0.383. The molecule has 0 bridgehead atoms. The van der Waals surface area contributed by atoms with Gasteiger partial charge in [0.2, 0.25) is 5.96 Å². The monoisotopic (exact) mass is 139 g/mol. The van der Waals surface area contributed by atoms with Crippen LogP contribution in [-0.2, 0) is 0 Å². The Morgan fingerprint density at radius 2 is 2.40 bits per heavy atom. The molecule has 4 heteroatoms. The zero-order valence-corrected chi connectivity index (χ0v) is 5.88. The summed E-state index contributed by atoms with van der Waals surface area (Å²) in [5.41, 5.74) is 4.26. The van der Waals surface area contributed by atoms with Crippen LogP contribution in [-0.4, -0.2) is 37.1 Å². The summed E-state index contributed by atoms with van der Waals surface area (Å²) in [6.07, 6.45) is 1.17. The molecule has 0 aromatic carbocycles. The highest BCUT2D eigenvalue weighted by atomic mass is 15.6. The van der Waals surface area contributed by atoms with Gasteiger partial charge in [-0.05, 0) is 6.42 Å². The Morgan fingerprint density at radius 3 is 3.00 bits per heavy atom. The highest BCUT2D eigenvalue weighted by Crippen LogP contribution is 2.00. The van der Waals surface area contributed by atoms with E-state index in [9.17, 15) is 0 Å². The van der Waals surface area contributed by atoms with Gasteiger partial charge in [0.1, 0.15) is 0 Å². The normalized spacial score (nSPS) is 24.8. The highest BCUT2D eigenvalue weighted by Gasteiger charge is 2.18. The van der Waals surface area contributed by atoms with Crippen molar-refractivity contribution in [3.8, 4) is 0 Å². The first-order chi connectivity index (χ1) is 4.97. The molecule has 0 spiro atoms. The van der Waals surface area contributed by atoms with Gasteiger partial charge in [-0.15, -0.1) is 5.43 Å². The van der Waals surface area contributed by atoms with Crippen LogP contribution in [0, 0.1) is 0 Å². The first-order valence-corrected chi connectivity index (χ1v) is 3.70. The van der Waals surface area contributed by atoms with E-state index in [-0.39, 0.29) is 0 Å². The van der Waals surface area contributed by atoms with Gasteiger partial charge in [0, 0.05) is 19.6 Å². The molecule has 2 rings (SSSR count). The molecule has 0 amide bonds. The average molecular weight is 139 g/mol. The van der Waals surface area contributed by atoms with Crippen molar-refractivity contribution in [3.05, 3.63) is 0 Å². The maximum atomic E-state index is 4.26. The summed E-state index contributed by atoms with van der Waals surface area (Å²) in [6, 6.07) is 0. The zero-order chi connectivity index (χ0) is 6.81. The number of nitrogens with zero attached hydrogens (tertiary/aromatic N) is 3. The van der Waals surface area contributed by atoms with Gasteiger partial charge >= 0.3 is 0 Å². The Bertz CT molecular complexity index is 148. The van der Waals surface area contributed by atoms with E-state index in [0.717, 1.165) is 32.1 Å². The van der Waals surface area contributed by atoms with E-state index in [1.54, 1.807) is 0 Å². The Balaban J connectivity index is 1.97. The van der Waals surface area contributed by atoms with Crippen LogP contribution in [0.1, 0.15) is 6.42 Å². The molecule has 1 N–H and O–H groups in total. The fourth-order valence-electron chi connectivity index (χ4n) is 1.21. The summed E-state index contributed by atoms with van der Waals surface area (Å²) in [5.74, 6) is 0.970. The Hall–Kier alpha value is -0.770. The standard InChI is InChI=1S/C6H11N4/c1-2-9-10(5-1)6-7-3-4-8-6/h1-5H2,(H,7,8). The van der Waals surface area contributed by atoms with Gasteiger partial charge in [-0.2, -0.15) is 0 Å². The van der Waals surface area contributed by atoms with Gasteiger partial charge in [0.25, 0.3) is 0 Å². The van der Waals surface area contributed by atoms with Crippen molar-refractivity contribution in [2.45, 2.75) is 6.42 Å². The van der Waals surface area contributed by atoms with E-state index in [0.29, 0.717) is 0 Å². The predicted molar refractivity (Wildman–Crippen MR) is 38.6 cm³/mol. The minimum atomic E-state index is 0.904. The second kappa shape index (κ2) is 2.46. The molecule has 0 aliphatic carbocycles. The molecule has 4 nitrogen and oxygen atoms in total. The van der Waals surface area contributed by atoms with Gasteiger partial charge < -0.3 is 5.32 Å². The van der Waals surface area contributed by atoms with Crippen LogP contribution in [0.3, 0.4) is 0 Å². The molecule has 0 atom stereocenters. The van der Waals surface area contributed by atoms with Crippen LogP contribution in [0.15, 0.2) is 4.99 Å². The number of rotatable bonds is 0. The lowest BCUT2D eigenvalue weighted by atomic mass is 10.5. The van der Waals surface area contributed by atoms with Gasteiger partial charge in [-0.1, -0.05) is 0 Å². The number of hydrogen-bond acceptors (Lipinski definition) is 3. The van der Waals surface area contributed by atoms with Crippen LogP contribution >= 0.6 is 0 Å². The van der Waals surface area contributed by atoms with Crippen LogP contribution in [0.25, 0.3) is 0 Å². The summed E-state index contributed by atoms with van der Waals surface area (Å²) in [5, 5.41) is 5.15. The number of hydrogen-bond donors (Lipinski definition) is 1. The lowest BCUT2D eigenvalue weighted by Crippen LogP contribution is -2.39. The van der Waals surface area contributed by atoms with E-state index in [1.807, 2.05) is 5.01 Å². The van der Waals surface area contributed by atoms with E-state index in [1.165, 1.54) is 6.42 Å². The van der Waals surface area contributed by atoms with Crippen molar-refractivity contribution in [2.75, 3.05) is 26.2 Å². The van der Waals surface area contributed by atoms with Crippen LogP contribution in [0.4, 0.5) is 0 Å². The maximum absolute atomic E-state index is 4.26. The molecule has 2 heterocycles. The minimum absolute atomic E-state index is 0.904. The van der Waals surface area contributed by atoms with Crippen molar-refractivity contribution < 1.29 is 0 Å². The molecule has 1 radical (unpaired) electrons. The third-order valence-corrected chi connectivity index (χ3v) is 1.70. The molecule has 1 fully saturated rings. The van der Waals surface area contributed by atoms with Crippen molar-refractivity contribution in [1.82, 2.24) is 15.8 Å². The van der Waals surface area contributed by atoms with Crippen LogP contribution in [0.2, 0.25) is 0 Å². The third-order valence-electron chi connectivity index (χ3n) is 1.70. The van der Waals surface area contributed by atoms with E-state index in [4.69, 9.17) is 0 Å². The molecule has 55 valence electrons. The molecule has 0 saturated carbocycles. The summed E-state index contributed by atoms with van der Waals surface area (Å²) in [4.78, 5) is 4.26. The largest absolute Gasteiger partial charge is 0.353 e. The van der Waals surface area contributed by atoms with Gasteiger partial charge in [0.05, 0.1) is 6.54 Å². The zero-order valence-electron chi connectivity index (χ0n) is 5.88. The SMILES string of the molecule is C1C[N]N(C2=NCCN2)C1. The van der Waals surface area contributed by atoms with E-state index in [2.05, 4.69) is 15.7 Å². The highest BCUT2D eigenvalue weighted by molar-refractivity contribution is 5.81. The van der Waals surface area contributed by atoms with Crippen molar-refractivity contribution in [3.63, 3.8) is 0 Å². The molecule has 2 aliphatic rings. The molecule has 0 aromatic rings. The minimum Gasteiger partial charge on any atom is -0.353 e.